The Balaban J connectivity index is 2.27. The number of aliphatic hydroxyl groups is 1. The van der Waals surface area contributed by atoms with E-state index in [-0.39, 0.29) is 6.04 Å². The molecule has 1 aromatic carbocycles. The highest BCUT2D eigenvalue weighted by Crippen LogP contribution is 2.34. The van der Waals surface area contributed by atoms with Gasteiger partial charge in [-0.25, -0.2) is 0 Å². The number of ether oxygens (including phenoxy) is 2. The summed E-state index contributed by atoms with van der Waals surface area (Å²) in [4.78, 5) is 0. The van der Waals surface area contributed by atoms with E-state index in [9.17, 15) is 5.11 Å². The molecule has 0 aromatic heterocycles. The van der Waals surface area contributed by atoms with Crippen LogP contribution in [0.3, 0.4) is 0 Å². The number of rotatable bonds is 4. The smallest absolute Gasteiger partial charge is 0.161 e. The van der Waals surface area contributed by atoms with Crippen LogP contribution in [0.2, 0.25) is 0 Å². The quantitative estimate of drug-likeness (QED) is 0.876. The minimum atomic E-state index is -0.500. The minimum absolute atomic E-state index is 0.130. The molecule has 0 amide bonds. The predicted molar refractivity (Wildman–Crippen MR) is 74.9 cm³/mol. The summed E-state index contributed by atoms with van der Waals surface area (Å²) in [5, 5.41) is 13.9. The van der Waals surface area contributed by atoms with Crippen molar-refractivity contribution in [3.63, 3.8) is 0 Å². The molecule has 19 heavy (non-hydrogen) atoms. The molecule has 0 spiro atoms. The third-order valence-corrected chi connectivity index (χ3v) is 3.82. The van der Waals surface area contributed by atoms with E-state index in [0.29, 0.717) is 11.5 Å². The van der Waals surface area contributed by atoms with E-state index < -0.39 is 6.10 Å². The number of methoxy groups -OCH3 is 2. The van der Waals surface area contributed by atoms with Crippen molar-refractivity contribution in [2.75, 3.05) is 20.8 Å². The summed E-state index contributed by atoms with van der Waals surface area (Å²) in [6.45, 7) is 2.97. The Morgan fingerprint density at radius 1 is 1.21 bits per heavy atom. The third-order valence-electron chi connectivity index (χ3n) is 3.82. The van der Waals surface area contributed by atoms with Crippen LogP contribution in [-0.4, -0.2) is 31.9 Å². The fourth-order valence-corrected chi connectivity index (χ4v) is 2.68. The van der Waals surface area contributed by atoms with Gasteiger partial charge in [0.15, 0.2) is 11.5 Å². The first-order valence-electron chi connectivity index (χ1n) is 6.81. The zero-order valence-electron chi connectivity index (χ0n) is 11.9. The molecule has 2 rings (SSSR count). The topological polar surface area (TPSA) is 50.7 Å². The normalized spacial score (nSPS) is 20.9. The summed E-state index contributed by atoms with van der Waals surface area (Å²) in [7, 11) is 3.23. The van der Waals surface area contributed by atoms with E-state index in [1.54, 1.807) is 14.2 Å². The average Bonchev–Trinajstić information content (AvgIpc) is 2.47. The van der Waals surface area contributed by atoms with Gasteiger partial charge < -0.3 is 19.9 Å². The predicted octanol–water partition coefficient (Wildman–Crippen LogP) is 2.19. The van der Waals surface area contributed by atoms with Crippen molar-refractivity contribution in [1.29, 1.82) is 0 Å². The highest BCUT2D eigenvalue weighted by Gasteiger charge is 2.25. The summed E-state index contributed by atoms with van der Waals surface area (Å²) in [6, 6.07) is 3.93. The maximum atomic E-state index is 10.6. The summed E-state index contributed by atoms with van der Waals surface area (Å²) in [5.41, 5.74) is 1.94. The van der Waals surface area contributed by atoms with Gasteiger partial charge in [-0.3, -0.25) is 0 Å². The molecule has 1 heterocycles. The van der Waals surface area contributed by atoms with Crippen LogP contribution in [0.25, 0.3) is 0 Å². The highest BCUT2D eigenvalue weighted by molar-refractivity contribution is 5.48. The number of aryl methyl sites for hydroxylation is 1. The molecule has 0 radical (unpaired) electrons. The van der Waals surface area contributed by atoms with Crippen LogP contribution in [0.15, 0.2) is 12.1 Å². The van der Waals surface area contributed by atoms with Gasteiger partial charge in [0.2, 0.25) is 0 Å². The zero-order chi connectivity index (χ0) is 13.8. The molecule has 0 bridgehead atoms. The molecule has 4 heteroatoms. The zero-order valence-corrected chi connectivity index (χ0v) is 11.9. The van der Waals surface area contributed by atoms with Crippen molar-refractivity contribution >= 4 is 0 Å². The van der Waals surface area contributed by atoms with Crippen LogP contribution in [0.4, 0.5) is 0 Å². The number of nitrogens with one attached hydrogen (secondary N) is 1. The first-order valence-corrected chi connectivity index (χ1v) is 6.81. The first kappa shape index (κ1) is 14.2. The Morgan fingerprint density at radius 2 is 1.89 bits per heavy atom. The van der Waals surface area contributed by atoms with Gasteiger partial charge in [0.1, 0.15) is 0 Å². The van der Waals surface area contributed by atoms with E-state index in [1.807, 2.05) is 19.1 Å². The van der Waals surface area contributed by atoms with E-state index in [1.165, 1.54) is 12.8 Å². The molecule has 106 valence electrons. The van der Waals surface area contributed by atoms with E-state index in [2.05, 4.69) is 5.32 Å². The molecule has 0 saturated carbocycles. The Labute approximate surface area is 114 Å². The van der Waals surface area contributed by atoms with Gasteiger partial charge in [-0.15, -0.1) is 0 Å². The molecule has 2 unspecified atom stereocenters. The van der Waals surface area contributed by atoms with Crippen molar-refractivity contribution in [2.24, 2.45) is 0 Å². The van der Waals surface area contributed by atoms with Gasteiger partial charge in [-0.1, -0.05) is 6.42 Å². The SMILES string of the molecule is COc1cc(C)c(C(O)C2CCCCN2)cc1OC. The molecule has 1 fully saturated rings. The first-order chi connectivity index (χ1) is 9.17. The Morgan fingerprint density at radius 3 is 2.47 bits per heavy atom. The summed E-state index contributed by atoms with van der Waals surface area (Å²) in [5.74, 6) is 1.37. The van der Waals surface area contributed by atoms with Crippen LogP contribution in [-0.2, 0) is 0 Å². The molecule has 1 aliphatic heterocycles. The lowest BCUT2D eigenvalue weighted by Gasteiger charge is -2.29. The van der Waals surface area contributed by atoms with Gasteiger partial charge in [0, 0.05) is 6.04 Å². The van der Waals surface area contributed by atoms with Gasteiger partial charge in [0.25, 0.3) is 0 Å². The molecule has 2 atom stereocenters. The molecular weight excluding hydrogens is 242 g/mol. The molecule has 1 saturated heterocycles. The van der Waals surface area contributed by atoms with Gasteiger partial charge in [-0.05, 0) is 49.6 Å². The van der Waals surface area contributed by atoms with Crippen LogP contribution in [0, 0.1) is 6.92 Å². The molecule has 1 aromatic rings. The van der Waals surface area contributed by atoms with E-state index in [0.717, 1.165) is 24.1 Å². The highest BCUT2D eigenvalue weighted by atomic mass is 16.5. The Bertz CT molecular complexity index is 428. The number of piperidine rings is 1. The van der Waals surface area contributed by atoms with Gasteiger partial charge in [-0.2, -0.15) is 0 Å². The second kappa shape index (κ2) is 6.26. The fraction of sp³-hybridized carbons (Fsp3) is 0.600. The van der Waals surface area contributed by atoms with Gasteiger partial charge in [0.05, 0.1) is 20.3 Å². The molecule has 2 N–H and O–H groups in total. The standard InChI is InChI=1S/C15H23NO3/c1-10-8-13(18-2)14(19-3)9-11(10)15(17)12-6-4-5-7-16-12/h8-9,12,15-17H,4-7H2,1-3H3. The van der Waals surface area contributed by atoms with Crippen LogP contribution >= 0.6 is 0 Å². The van der Waals surface area contributed by atoms with Gasteiger partial charge >= 0.3 is 0 Å². The summed E-state index contributed by atoms with van der Waals surface area (Å²) < 4.78 is 10.6. The second-order valence-corrected chi connectivity index (χ2v) is 5.07. The molecule has 0 aliphatic carbocycles. The van der Waals surface area contributed by atoms with E-state index >= 15 is 0 Å². The Hall–Kier alpha value is -1.26. The maximum absolute atomic E-state index is 10.6. The Kier molecular flexibility index (Phi) is 4.66. The van der Waals surface area contributed by atoms with Crippen molar-refractivity contribution in [2.45, 2.75) is 38.3 Å². The fourth-order valence-electron chi connectivity index (χ4n) is 2.68. The molecular formula is C15H23NO3. The van der Waals surface area contributed by atoms with Crippen molar-refractivity contribution in [1.82, 2.24) is 5.32 Å². The van der Waals surface area contributed by atoms with E-state index in [4.69, 9.17) is 9.47 Å². The number of hydrogen-bond donors (Lipinski definition) is 2. The van der Waals surface area contributed by atoms with Crippen LogP contribution in [0.1, 0.15) is 36.5 Å². The lowest BCUT2D eigenvalue weighted by molar-refractivity contribution is 0.113. The molecule has 1 aliphatic rings. The van der Waals surface area contributed by atoms with Crippen LogP contribution in [0.5, 0.6) is 11.5 Å². The maximum Gasteiger partial charge on any atom is 0.161 e. The third kappa shape index (κ3) is 3.01. The summed E-state index contributed by atoms with van der Waals surface area (Å²) in [6.07, 6.45) is 2.87. The second-order valence-electron chi connectivity index (χ2n) is 5.07. The average molecular weight is 265 g/mol. The lowest BCUT2D eigenvalue weighted by Crippen LogP contribution is -2.39. The van der Waals surface area contributed by atoms with Crippen molar-refractivity contribution in [3.8, 4) is 11.5 Å². The number of benzene rings is 1. The van der Waals surface area contributed by atoms with Crippen molar-refractivity contribution in [3.05, 3.63) is 23.3 Å². The lowest BCUT2D eigenvalue weighted by atomic mass is 9.92. The molecule has 4 nitrogen and oxygen atoms in total. The summed E-state index contributed by atoms with van der Waals surface area (Å²) >= 11 is 0. The largest absolute Gasteiger partial charge is 0.493 e. The van der Waals surface area contributed by atoms with Crippen molar-refractivity contribution < 1.29 is 14.6 Å². The van der Waals surface area contributed by atoms with Crippen LogP contribution < -0.4 is 14.8 Å². The number of aliphatic hydroxyl groups excluding tert-OH is 1. The minimum Gasteiger partial charge on any atom is -0.493 e. The number of hydrogen-bond acceptors (Lipinski definition) is 4. The monoisotopic (exact) mass is 265 g/mol.